The van der Waals surface area contributed by atoms with Gasteiger partial charge in [0.2, 0.25) is 5.91 Å². The van der Waals surface area contributed by atoms with Gasteiger partial charge in [0.15, 0.2) is 22.5 Å². The largest absolute Gasteiger partial charge is 0.486 e. The summed E-state index contributed by atoms with van der Waals surface area (Å²) >= 11 is 1.19. The maximum Gasteiger partial charge on any atom is 0.325 e. The van der Waals surface area contributed by atoms with Crippen LogP contribution in [0, 0.1) is 0 Å². The van der Waals surface area contributed by atoms with Crippen LogP contribution in [0.25, 0.3) is 11.4 Å². The summed E-state index contributed by atoms with van der Waals surface area (Å²) in [7, 11) is 0. The maximum absolute atomic E-state index is 12.3. The van der Waals surface area contributed by atoms with Crippen LogP contribution in [-0.2, 0) is 11.3 Å². The van der Waals surface area contributed by atoms with Crippen LogP contribution in [0.1, 0.15) is 0 Å². The molecule has 2 N–H and O–H groups in total. The van der Waals surface area contributed by atoms with Gasteiger partial charge in [-0.05, 0) is 12.1 Å². The molecule has 0 saturated carbocycles. The van der Waals surface area contributed by atoms with Crippen LogP contribution in [-0.4, -0.2) is 45.7 Å². The van der Waals surface area contributed by atoms with E-state index < -0.39 is 11.9 Å². The first kappa shape index (κ1) is 21.4. The van der Waals surface area contributed by atoms with Gasteiger partial charge in [0, 0.05) is 23.9 Å². The van der Waals surface area contributed by atoms with Gasteiger partial charge in [-0.25, -0.2) is 4.79 Å². The summed E-state index contributed by atoms with van der Waals surface area (Å²) in [6, 6.07) is 14.0. The first-order valence-electron chi connectivity index (χ1n) is 9.87. The summed E-state index contributed by atoms with van der Waals surface area (Å²) in [5.41, 5.74) is 1.40. The Bertz CT molecular complexity index is 1130. The number of fused-ring (bicyclic) bond motifs is 1. The van der Waals surface area contributed by atoms with E-state index in [1.54, 1.807) is 24.3 Å². The summed E-state index contributed by atoms with van der Waals surface area (Å²) < 4.78 is 12.8. The molecule has 4 rings (SSSR count). The zero-order valence-corrected chi connectivity index (χ0v) is 17.9. The minimum Gasteiger partial charge on any atom is -0.486 e. The van der Waals surface area contributed by atoms with E-state index in [0.717, 1.165) is 5.56 Å². The van der Waals surface area contributed by atoms with Crippen molar-refractivity contribution in [1.82, 2.24) is 20.1 Å². The Kier molecular flexibility index (Phi) is 6.71. The molecule has 0 aliphatic carbocycles. The molecule has 2 aromatic carbocycles. The Morgan fingerprint density at radius 3 is 2.66 bits per heavy atom. The van der Waals surface area contributed by atoms with Gasteiger partial charge in [0.25, 0.3) is 0 Å². The van der Waals surface area contributed by atoms with E-state index in [1.807, 2.05) is 34.9 Å². The van der Waals surface area contributed by atoms with Crippen LogP contribution >= 0.6 is 11.8 Å². The monoisotopic (exact) mass is 451 g/mol. The third kappa shape index (κ3) is 5.09. The number of carbonyl (C=O) groups excluding carboxylic acids is 2. The number of nitrogens with one attached hydrogen (secondary N) is 2. The number of allylic oxidation sites excluding steroid dienone is 1. The summed E-state index contributed by atoms with van der Waals surface area (Å²) in [6.45, 7) is 5.20. The van der Waals surface area contributed by atoms with Crippen molar-refractivity contribution in [3.05, 3.63) is 61.2 Å². The number of carbonyl (C=O) groups is 2. The highest BCUT2D eigenvalue weighted by Crippen LogP contribution is 2.32. The zero-order valence-electron chi connectivity index (χ0n) is 17.1. The van der Waals surface area contributed by atoms with E-state index >= 15 is 0 Å². The van der Waals surface area contributed by atoms with E-state index in [4.69, 9.17) is 9.47 Å². The van der Waals surface area contributed by atoms with Crippen LogP contribution in [0.4, 0.5) is 10.5 Å². The van der Waals surface area contributed by atoms with Crippen molar-refractivity contribution >= 4 is 29.4 Å². The summed E-state index contributed by atoms with van der Waals surface area (Å²) in [5, 5.41) is 13.9. The number of imide groups is 1. The average molecular weight is 452 g/mol. The minimum atomic E-state index is -0.634. The molecule has 32 heavy (non-hydrogen) atoms. The standard InChI is InChI=1S/C22H21N5O4S/c1-2-10-27-20(15-6-4-3-5-7-15)25-26-22(27)32-14-19(28)24-21(29)23-16-8-9-17-18(13-16)31-12-11-30-17/h2-9,13H,1,10-12,14H2,(H2,23,24,28,29). The van der Waals surface area contributed by atoms with Gasteiger partial charge in [0.05, 0.1) is 5.75 Å². The fraction of sp³-hybridized carbons (Fsp3) is 0.182. The molecular weight excluding hydrogens is 430 g/mol. The number of thioether (sulfide) groups is 1. The highest BCUT2D eigenvalue weighted by atomic mass is 32.2. The van der Waals surface area contributed by atoms with Gasteiger partial charge >= 0.3 is 6.03 Å². The molecule has 0 bridgehead atoms. The molecule has 1 aliphatic heterocycles. The number of nitrogens with zero attached hydrogens (tertiary/aromatic N) is 3. The molecule has 0 atom stereocenters. The second-order valence-electron chi connectivity index (χ2n) is 6.72. The third-order valence-electron chi connectivity index (χ3n) is 4.45. The highest BCUT2D eigenvalue weighted by Gasteiger charge is 2.17. The van der Waals surface area contributed by atoms with Gasteiger partial charge in [-0.2, -0.15) is 0 Å². The van der Waals surface area contributed by atoms with Gasteiger partial charge in [-0.15, -0.1) is 16.8 Å². The van der Waals surface area contributed by atoms with Crippen molar-refractivity contribution in [2.75, 3.05) is 24.3 Å². The molecule has 0 saturated heterocycles. The van der Waals surface area contributed by atoms with Crippen molar-refractivity contribution in [3.63, 3.8) is 0 Å². The van der Waals surface area contributed by atoms with E-state index in [9.17, 15) is 9.59 Å². The Morgan fingerprint density at radius 2 is 1.88 bits per heavy atom. The molecule has 9 nitrogen and oxygen atoms in total. The van der Waals surface area contributed by atoms with Crippen LogP contribution in [0.15, 0.2) is 66.3 Å². The quantitative estimate of drug-likeness (QED) is 0.419. The van der Waals surface area contributed by atoms with Crippen molar-refractivity contribution < 1.29 is 19.1 Å². The van der Waals surface area contributed by atoms with E-state index in [0.29, 0.717) is 47.9 Å². The number of hydrogen-bond acceptors (Lipinski definition) is 7. The number of hydrogen-bond donors (Lipinski definition) is 2. The summed E-state index contributed by atoms with van der Waals surface area (Å²) in [4.78, 5) is 24.5. The van der Waals surface area contributed by atoms with Crippen molar-refractivity contribution in [1.29, 1.82) is 0 Å². The average Bonchev–Trinajstić information content (AvgIpc) is 3.21. The number of rotatable bonds is 7. The molecule has 1 aromatic heterocycles. The third-order valence-corrected chi connectivity index (χ3v) is 5.41. The van der Waals surface area contributed by atoms with Gasteiger partial charge in [-0.3, -0.25) is 14.7 Å². The lowest BCUT2D eigenvalue weighted by Crippen LogP contribution is -2.35. The molecular formula is C22H21N5O4S. The lowest BCUT2D eigenvalue weighted by molar-refractivity contribution is -0.117. The molecule has 0 fully saturated rings. The molecule has 0 radical (unpaired) electrons. The molecule has 2 heterocycles. The number of ether oxygens (including phenoxy) is 2. The first-order valence-corrected chi connectivity index (χ1v) is 10.9. The highest BCUT2D eigenvalue weighted by molar-refractivity contribution is 7.99. The second kappa shape index (κ2) is 10.0. The van der Waals surface area contributed by atoms with Gasteiger partial charge in [-0.1, -0.05) is 48.2 Å². The summed E-state index contributed by atoms with van der Waals surface area (Å²) in [5.74, 6) is 1.39. The first-order chi connectivity index (χ1) is 15.6. The molecule has 1 aliphatic rings. The molecule has 3 amide bonds. The lowest BCUT2D eigenvalue weighted by atomic mass is 10.2. The van der Waals surface area contributed by atoms with E-state index in [1.165, 1.54) is 11.8 Å². The predicted molar refractivity (Wildman–Crippen MR) is 121 cm³/mol. The summed E-state index contributed by atoms with van der Waals surface area (Å²) in [6.07, 6.45) is 1.74. The lowest BCUT2D eigenvalue weighted by Gasteiger charge is -2.19. The minimum absolute atomic E-state index is 0.00136. The SMILES string of the molecule is C=CCn1c(SCC(=O)NC(=O)Nc2ccc3c(c2)OCCO3)nnc1-c1ccccc1. The maximum atomic E-state index is 12.3. The van der Waals surface area contributed by atoms with E-state index in [2.05, 4.69) is 27.4 Å². The smallest absolute Gasteiger partial charge is 0.325 e. The fourth-order valence-electron chi connectivity index (χ4n) is 3.07. The molecule has 0 unspecified atom stereocenters. The molecule has 164 valence electrons. The van der Waals surface area contributed by atoms with E-state index in [-0.39, 0.29) is 5.75 Å². The Labute approximate surface area is 188 Å². The van der Waals surface area contributed by atoms with Crippen molar-refractivity contribution in [2.45, 2.75) is 11.7 Å². The number of aromatic nitrogens is 3. The van der Waals surface area contributed by atoms with Crippen LogP contribution in [0.2, 0.25) is 0 Å². The molecule has 3 aromatic rings. The topological polar surface area (TPSA) is 107 Å². The van der Waals surface area contributed by atoms with Crippen molar-refractivity contribution in [2.24, 2.45) is 0 Å². The fourth-order valence-corrected chi connectivity index (χ4v) is 3.81. The van der Waals surface area contributed by atoms with Crippen molar-refractivity contribution in [3.8, 4) is 22.9 Å². The Morgan fingerprint density at radius 1 is 1.09 bits per heavy atom. The van der Waals surface area contributed by atoms with Gasteiger partial charge in [0.1, 0.15) is 13.2 Å². The van der Waals surface area contributed by atoms with Gasteiger partial charge < -0.3 is 14.8 Å². The van der Waals surface area contributed by atoms with Crippen LogP contribution in [0.3, 0.4) is 0 Å². The number of anilines is 1. The number of benzene rings is 2. The number of amides is 3. The number of urea groups is 1. The van der Waals surface area contributed by atoms with Crippen LogP contribution in [0.5, 0.6) is 11.5 Å². The molecule has 10 heteroatoms. The zero-order chi connectivity index (χ0) is 22.3. The predicted octanol–water partition coefficient (Wildman–Crippen LogP) is 3.34. The molecule has 0 spiro atoms. The second-order valence-corrected chi connectivity index (χ2v) is 7.66. The Balaban J connectivity index is 1.34. The Hall–Kier alpha value is -3.79. The van der Waals surface area contributed by atoms with Crippen LogP contribution < -0.4 is 20.1 Å². The normalized spacial score (nSPS) is 12.1.